The zero-order valence-corrected chi connectivity index (χ0v) is 10.4. The number of nitrogens with zero attached hydrogens (tertiary/aromatic N) is 1. The van der Waals surface area contributed by atoms with Gasteiger partial charge in [0, 0.05) is 0 Å². The molecular formula is C14H19NO. The maximum atomic E-state index is 10.1. The molecule has 1 aromatic rings. The fourth-order valence-corrected chi connectivity index (χ4v) is 1.54. The highest BCUT2D eigenvalue weighted by atomic mass is 16.3. The number of aliphatic hydroxyl groups is 1. The fraction of sp³-hybridized carbons (Fsp3) is 0.500. The summed E-state index contributed by atoms with van der Waals surface area (Å²) in [7, 11) is 0. The molecule has 1 aromatic carbocycles. The van der Waals surface area contributed by atoms with Crippen LogP contribution in [0.4, 0.5) is 0 Å². The lowest BCUT2D eigenvalue weighted by Crippen LogP contribution is -2.19. The number of rotatable bonds is 3. The molecule has 1 atom stereocenters. The van der Waals surface area contributed by atoms with Crippen LogP contribution in [0.3, 0.4) is 0 Å². The summed E-state index contributed by atoms with van der Waals surface area (Å²) in [4.78, 5) is 0. The van der Waals surface area contributed by atoms with Crippen molar-refractivity contribution in [3.05, 3.63) is 35.4 Å². The Hall–Kier alpha value is -1.33. The van der Waals surface area contributed by atoms with Gasteiger partial charge in [0.2, 0.25) is 0 Å². The molecule has 1 N–H and O–H groups in total. The second-order valence-electron chi connectivity index (χ2n) is 5.06. The van der Waals surface area contributed by atoms with Crippen LogP contribution in [-0.4, -0.2) is 5.11 Å². The average molecular weight is 217 g/mol. The minimum Gasteiger partial charge on any atom is -0.387 e. The maximum Gasteiger partial charge on any atom is 0.0970 e. The number of aliphatic hydroxyl groups excluding tert-OH is 1. The molecule has 0 bridgehead atoms. The first-order valence-corrected chi connectivity index (χ1v) is 5.57. The van der Waals surface area contributed by atoms with Gasteiger partial charge in [-0.2, -0.15) is 5.26 Å². The van der Waals surface area contributed by atoms with Crippen LogP contribution in [0.1, 0.15) is 50.8 Å². The van der Waals surface area contributed by atoms with E-state index in [-0.39, 0.29) is 0 Å². The predicted octanol–water partition coefficient (Wildman–Crippen LogP) is 3.39. The smallest absolute Gasteiger partial charge is 0.0970 e. The molecule has 1 unspecified atom stereocenters. The van der Waals surface area contributed by atoms with Crippen LogP contribution in [0.25, 0.3) is 0 Å². The van der Waals surface area contributed by atoms with Crippen LogP contribution in [0.2, 0.25) is 0 Å². The van der Waals surface area contributed by atoms with E-state index in [0.717, 1.165) is 5.56 Å². The zero-order chi connectivity index (χ0) is 12.3. The van der Waals surface area contributed by atoms with Gasteiger partial charge in [-0.15, -0.1) is 0 Å². The van der Waals surface area contributed by atoms with Gasteiger partial charge in [0.05, 0.1) is 17.6 Å². The molecule has 2 heteroatoms. The van der Waals surface area contributed by atoms with Gasteiger partial charge < -0.3 is 5.11 Å². The number of hydrogen-bond acceptors (Lipinski definition) is 2. The summed E-state index contributed by atoms with van der Waals surface area (Å²) in [5, 5.41) is 19.0. The highest BCUT2D eigenvalue weighted by Gasteiger charge is 2.28. The molecule has 0 aromatic heterocycles. The summed E-state index contributed by atoms with van der Waals surface area (Å²) in [5.41, 5.74) is 1.29. The topological polar surface area (TPSA) is 44.0 Å². The SMILES string of the molecule is CC(C)c1ccc(C(O)C(C)(C)C#N)cc1. The molecule has 0 aliphatic rings. The third-order valence-electron chi connectivity index (χ3n) is 2.89. The van der Waals surface area contributed by atoms with Gasteiger partial charge in [-0.1, -0.05) is 38.1 Å². The summed E-state index contributed by atoms with van der Waals surface area (Å²) in [6.07, 6.45) is -0.737. The van der Waals surface area contributed by atoms with Crippen LogP contribution in [-0.2, 0) is 0 Å². The molecule has 16 heavy (non-hydrogen) atoms. The van der Waals surface area contributed by atoms with Crippen LogP contribution in [0.5, 0.6) is 0 Å². The quantitative estimate of drug-likeness (QED) is 0.843. The summed E-state index contributed by atoms with van der Waals surface area (Å²) < 4.78 is 0. The monoisotopic (exact) mass is 217 g/mol. The van der Waals surface area contributed by atoms with Gasteiger partial charge in [-0.05, 0) is 30.9 Å². The van der Waals surface area contributed by atoms with Crippen molar-refractivity contribution in [1.82, 2.24) is 0 Å². The van der Waals surface area contributed by atoms with Gasteiger partial charge >= 0.3 is 0 Å². The Balaban J connectivity index is 2.95. The van der Waals surface area contributed by atoms with E-state index in [2.05, 4.69) is 19.9 Å². The third kappa shape index (κ3) is 2.62. The molecular weight excluding hydrogens is 198 g/mol. The molecule has 0 heterocycles. The average Bonchev–Trinajstić information content (AvgIpc) is 2.28. The van der Waals surface area contributed by atoms with E-state index >= 15 is 0 Å². The van der Waals surface area contributed by atoms with Gasteiger partial charge in [-0.3, -0.25) is 0 Å². The van der Waals surface area contributed by atoms with Crippen molar-refractivity contribution in [1.29, 1.82) is 5.26 Å². The first-order valence-electron chi connectivity index (χ1n) is 5.57. The van der Waals surface area contributed by atoms with E-state index < -0.39 is 11.5 Å². The zero-order valence-electron chi connectivity index (χ0n) is 10.4. The predicted molar refractivity (Wildman–Crippen MR) is 64.9 cm³/mol. The van der Waals surface area contributed by atoms with Crippen molar-refractivity contribution in [3.63, 3.8) is 0 Å². The third-order valence-corrected chi connectivity index (χ3v) is 2.89. The normalized spacial score (nSPS) is 13.6. The Morgan fingerprint density at radius 3 is 1.94 bits per heavy atom. The van der Waals surface area contributed by atoms with Gasteiger partial charge in [0.25, 0.3) is 0 Å². The molecule has 0 aliphatic carbocycles. The summed E-state index contributed by atoms with van der Waals surface area (Å²) in [6.45, 7) is 7.75. The van der Waals surface area contributed by atoms with Crippen molar-refractivity contribution in [2.75, 3.05) is 0 Å². The molecule has 2 nitrogen and oxygen atoms in total. The van der Waals surface area contributed by atoms with Crippen molar-refractivity contribution in [3.8, 4) is 6.07 Å². The molecule has 0 amide bonds. The maximum absolute atomic E-state index is 10.1. The minimum absolute atomic E-state index is 0.482. The standard InChI is InChI=1S/C14H19NO/c1-10(2)11-5-7-12(8-6-11)13(16)14(3,4)9-15/h5-8,10,13,16H,1-4H3. The lowest BCUT2D eigenvalue weighted by atomic mass is 9.84. The van der Waals surface area contributed by atoms with Crippen molar-refractivity contribution in [2.24, 2.45) is 5.41 Å². The number of benzene rings is 1. The van der Waals surface area contributed by atoms with E-state index in [9.17, 15) is 5.11 Å². The van der Waals surface area contributed by atoms with Crippen molar-refractivity contribution < 1.29 is 5.11 Å². The molecule has 86 valence electrons. The molecule has 0 fully saturated rings. The molecule has 1 rings (SSSR count). The van der Waals surface area contributed by atoms with Crippen LogP contribution < -0.4 is 0 Å². The lowest BCUT2D eigenvalue weighted by molar-refractivity contribution is 0.0867. The van der Waals surface area contributed by atoms with Crippen molar-refractivity contribution in [2.45, 2.75) is 39.7 Å². The Bertz CT molecular complexity index is 384. The lowest BCUT2D eigenvalue weighted by Gasteiger charge is -2.23. The Labute approximate surface area is 97.5 Å². The second kappa shape index (κ2) is 4.67. The Morgan fingerprint density at radius 2 is 1.56 bits per heavy atom. The summed E-state index contributed by atoms with van der Waals surface area (Å²) in [5.74, 6) is 0.482. The van der Waals surface area contributed by atoms with Crippen LogP contribution in [0.15, 0.2) is 24.3 Å². The minimum atomic E-state index is -0.751. The summed E-state index contributed by atoms with van der Waals surface area (Å²) >= 11 is 0. The largest absolute Gasteiger partial charge is 0.387 e. The Kier molecular flexibility index (Phi) is 3.72. The molecule has 0 saturated heterocycles. The van der Waals surface area contributed by atoms with E-state index in [0.29, 0.717) is 5.92 Å². The van der Waals surface area contributed by atoms with E-state index in [1.54, 1.807) is 13.8 Å². The van der Waals surface area contributed by atoms with Crippen LogP contribution >= 0.6 is 0 Å². The Morgan fingerprint density at radius 1 is 1.12 bits per heavy atom. The van der Waals surface area contributed by atoms with Gasteiger partial charge in [0.15, 0.2) is 0 Å². The molecule has 0 aliphatic heterocycles. The van der Waals surface area contributed by atoms with Gasteiger partial charge in [0.1, 0.15) is 0 Å². The number of nitriles is 1. The molecule has 0 saturated carbocycles. The molecule has 0 spiro atoms. The second-order valence-corrected chi connectivity index (χ2v) is 5.06. The molecule has 0 radical (unpaired) electrons. The highest BCUT2D eigenvalue weighted by molar-refractivity contribution is 5.28. The van der Waals surface area contributed by atoms with Crippen LogP contribution in [0, 0.1) is 16.7 Å². The summed E-state index contributed by atoms with van der Waals surface area (Å²) in [6, 6.07) is 9.95. The number of hydrogen-bond donors (Lipinski definition) is 1. The van der Waals surface area contributed by atoms with Gasteiger partial charge in [-0.25, -0.2) is 0 Å². The van der Waals surface area contributed by atoms with E-state index in [1.165, 1.54) is 5.56 Å². The first-order chi connectivity index (χ1) is 7.38. The highest BCUT2D eigenvalue weighted by Crippen LogP contribution is 2.32. The fourth-order valence-electron chi connectivity index (χ4n) is 1.54. The first kappa shape index (κ1) is 12.7. The van der Waals surface area contributed by atoms with E-state index in [4.69, 9.17) is 5.26 Å². The van der Waals surface area contributed by atoms with Crippen molar-refractivity contribution >= 4 is 0 Å². The van der Waals surface area contributed by atoms with E-state index in [1.807, 2.05) is 24.3 Å².